The lowest BCUT2D eigenvalue weighted by atomic mass is 10.0. The molecule has 0 bridgehead atoms. The van der Waals surface area contributed by atoms with Gasteiger partial charge in [0.05, 0.1) is 23.1 Å². The predicted molar refractivity (Wildman–Crippen MR) is 150 cm³/mol. The Kier molecular flexibility index (Phi) is 7.97. The second-order valence-corrected chi connectivity index (χ2v) is 10.8. The molecule has 5 rings (SSSR count). The minimum Gasteiger partial charge on any atom is -0.341 e. The number of aromatic nitrogens is 2. The van der Waals surface area contributed by atoms with Crippen molar-refractivity contribution in [3.8, 4) is 0 Å². The second kappa shape index (κ2) is 11.6. The van der Waals surface area contributed by atoms with Gasteiger partial charge in [0.1, 0.15) is 11.9 Å². The molecule has 3 heterocycles. The van der Waals surface area contributed by atoms with Gasteiger partial charge in [0, 0.05) is 25.6 Å². The van der Waals surface area contributed by atoms with Gasteiger partial charge in [-0.1, -0.05) is 42.5 Å². The van der Waals surface area contributed by atoms with Gasteiger partial charge >= 0.3 is 0 Å². The van der Waals surface area contributed by atoms with E-state index in [1.807, 2.05) is 60.4 Å². The Labute approximate surface area is 229 Å². The molecule has 0 saturated carbocycles. The van der Waals surface area contributed by atoms with Gasteiger partial charge in [0.2, 0.25) is 17.7 Å². The van der Waals surface area contributed by atoms with Gasteiger partial charge in [-0.05, 0) is 63.8 Å². The van der Waals surface area contributed by atoms with E-state index in [0.29, 0.717) is 25.8 Å². The molecule has 9 nitrogen and oxygen atoms in total. The van der Waals surface area contributed by atoms with Crippen molar-refractivity contribution in [2.45, 2.75) is 70.1 Å². The number of H-pyrrole nitrogens is 1. The van der Waals surface area contributed by atoms with E-state index in [9.17, 15) is 14.4 Å². The SMILES string of the molecule is CN[C@@H](C)C(=O)N[C@H]1CN(C(=O)CCc2ccccc2)CC[C@H]2CC[C@@H](c3nc4c(C)cccc4[nH]3)N2C1=O. The molecular weight excluding hydrogens is 492 g/mol. The summed E-state index contributed by atoms with van der Waals surface area (Å²) < 4.78 is 0. The highest BCUT2D eigenvalue weighted by Gasteiger charge is 2.44. The number of imidazole rings is 1. The van der Waals surface area contributed by atoms with Crippen LogP contribution in [0.1, 0.15) is 55.6 Å². The van der Waals surface area contributed by atoms with E-state index in [1.54, 1.807) is 18.9 Å². The van der Waals surface area contributed by atoms with Crippen molar-refractivity contribution in [2.75, 3.05) is 20.1 Å². The third kappa shape index (κ3) is 5.68. The zero-order chi connectivity index (χ0) is 27.5. The van der Waals surface area contributed by atoms with E-state index in [1.165, 1.54) is 0 Å². The molecule has 0 unspecified atom stereocenters. The first-order chi connectivity index (χ1) is 18.9. The van der Waals surface area contributed by atoms with Gasteiger partial charge in [0.15, 0.2) is 0 Å². The number of fused-ring (bicyclic) bond motifs is 2. The third-order valence-electron chi connectivity index (χ3n) is 8.20. The van der Waals surface area contributed by atoms with E-state index >= 15 is 0 Å². The summed E-state index contributed by atoms with van der Waals surface area (Å²) in [6, 6.07) is 14.4. The Morgan fingerprint density at radius 1 is 1.10 bits per heavy atom. The number of aryl methyl sites for hydroxylation is 2. The fourth-order valence-electron chi connectivity index (χ4n) is 5.81. The number of hydrogen-bond donors (Lipinski definition) is 3. The maximum absolute atomic E-state index is 14.2. The number of rotatable bonds is 7. The van der Waals surface area contributed by atoms with Crippen LogP contribution in [0, 0.1) is 6.92 Å². The van der Waals surface area contributed by atoms with Crippen molar-refractivity contribution < 1.29 is 14.4 Å². The molecule has 2 saturated heterocycles. The van der Waals surface area contributed by atoms with Crippen LogP contribution in [-0.2, 0) is 20.8 Å². The number of hydrogen-bond acceptors (Lipinski definition) is 5. The first-order valence-electron chi connectivity index (χ1n) is 13.9. The Bertz CT molecular complexity index is 1340. The van der Waals surface area contributed by atoms with Crippen molar-refractivity contribution in [3.63, 3.8) is 0 Å². The number of benzene rings is 2. The normalized spacial score (nSPS) is 22.3. The van der Waals surface area contributed by atoms with Crippen LogP contribution < -0.4 is 10.6 Å². The number of nitrogens with zero attached hydrogens (tertiary/aromatic N) is 3. The van der Waals surface area contributed by atoms with Crippen LogP contribution in [0.2, 0.25) is 0 Å². The van der Waals surface area contributed by atoms with Crippen LogP contribution in [0.4, 0.5) is 0 Å². The molecule has 2 aromatic carbocycles. The average Bonchev–Trinajstić information content (AvgIpc) is 3.57. The van der Waals surface area contributed by atoms with Gasteiger partial charge < -0.3 is 25.4 Å². The predicted octanol–water partition coefficient (Wildman–Crippen LogP) is 2.86. The number of carbonyl (C=O) groups excluding carboxylic acids is 3. The number of para-hydroxylation sites is 1. The van der Waals surface area contributed by atoms with Crippen molar-refractivity contribution in [1.29, 1.82) is 0 Å². The van der Waals surface area contributed by atoms with Crippen molar-refractivity contribution >= 4 is 28.8 Å². The molecule has 3 N–H and O–H groups in total. The van der Waals surface area contributed by atoms with Crippen LogP contribution in [0.15, 0.2) is 48.5 Å². The van der Waals surface area contributed by atoms with Crippen molar-refractivity contribution in [1.82, 2.24) is 30.4 Å². The zero-order valence-corrected chi connectivity index (χ0v) is 22.9. The lowest BCUT2D eigenvalue weighted by Gasteiger charge is -2.39. The van der Waals surface area contributed by atoms with Gasteiger partial charge in [-0.25, -0.2) is 4.98 Å². The van der Waals surface area contributed by atoms with E-state index in [2.05, 4.69) is 15.6 Å². The minimum absolute atomic E-state index is 0.00308. The molecular formula is C30H38N6O3. The summed E-state index contributed by atoms with van der Waals surface area (Å²) in [4.78, 5) is 52.4. The highest BCUT2D eigenvalue weighted by Crippen LogP contribution is 2.38. The molecule has 1 aromatic heterocycles. The first-order valence-corrected chi connectivity index (χ1v) is 13.9. The minimum atomic E-state index is -0.830. The number of likely N-dealkylation sites (N-methyl/N-ethyl adjacent to an activating group) is 1. The second-order valence-electron chi connectivity index (χ2n) is 10.8. The largest absolute Gasteiger partial charge is 0.341 e. The Balaban J connectivity index is 1.39. The zero-order valence-electron chi connectivity index (χ0n) is 22.9. The third-order valence-corrected chi connectivity index (χ3v) is 8.20. The van der Waals surface area contributed by atoms with Crippen molar-refractivity contribution in [2.24, 2.45) is 0 Å². The maximum atomic E-state index is 14.2. The van der Waals surface area contributed by atoms with Crippen LogP contribution in [0.5, 0.6) is 0 Å². The van der Waals surface area contributed by atoms with Crippen LogP contribution in [-0.4, -0.2) is 75.8 Å². The molecule has 3 aromatic rings. The lowest BCUT2D eigenvalue weighted by Crippen LogP contribution is -2.60. The van der Waals surface area contributed by atoms with E-state index < -0.39 is 12.1 Å². The molecule has 9 heteroatoms. The highest BCUT2D eigenvalue weighted by atomic mass is 16.2. The average molecular weight is 531 g/mol. The fraction of sp³-hybridized carbons (Fsp3) is 0.467. The number of carbonyl (C=O) groups is 3. The quantitative estimate of drug-likeness (QED) is 0.435. The lowest BCUT2D eigenvalue weighted by molar-refractivity contribution is -0.144. The molecule has 4 atom stereocenters. The highest BCUT2D eigenvalue weighted by molar-refractivity contribution is 5.91. The molecule has 3 amide bonds. The molecule has 0 radical (unpaired) electrons. The van der Waals surface area contributed by atoms with Gasteiger partial charge in [-0.2, -0.15) is 0 Å². The number of nitrogens with one attached hydrogen (secondary N) is 3. The Morgan fingerprint density at radius 3 is 2.64 bits per heavy atom. The van der Waals surface area contributed by atoms with E-state index in [4.69, 9.17) is 4.98 Å². The summed E-state index contributed by atoms with van der Waals surface area (Å²) in [7, 11) is 1.71. The first kappa shape index (κ1) is 26.9. The molecule has 2 fully saturated rings. The van der Waals surface area contributed by atoms with Crippen molar-refractivity contribution in [3.05, 3.63) is 65.5 Å². The summed E-state index contributed by atoms with van der Waals surface area (Å²) in [6.07, 6.45) is 3.31. The van der Waals surface area contributed by atoms with Crippen LogP contribution in [0.3, 0.4) is 0 Å². The fourth-order valence-corrected chi connectivity index (χ4v) is 5.81. The van der Waals surface area contributed by atoms with Crippen LogP contribution in [0.25, 0.3) is 11.0 Å². The molecule has 39 heavy (non-hydrogen) atoms. The molecule has 206 valence electrons. The number of amides is 3. The Morgan fingerprint density at radius 2 is 1.90 bits per heavy atom. The molecule has 0 spiro atoms. The summed E-state index contributed by atoms with van der Waals surface area (Å²) in [6.45, 7) is 4.49. The number of aromatic amines is 1. The van der Waals surface area contributed by atoms with Gasteiger partial charge in [-0.15, -0.1) is 0 Å². The topological polar surface area (TPSA) is 110 Å². The molecule has 0 aliphatic carbocycles. The summed E-state index contributed by atoms with van der Waals surface area (Å²) in [5, 5.41) is 5.89. The maximum Gasteiger partial charge on any atom is 0.247 e. The smallest absolute Gasteiger partial charge is 0.247 e. The van der Waals surface area contributed by atoms with Gasteiger partial charge in [-0.3, -0.25) is 14.4 Å². The van der Waals surface area contributed by atoms with E-state index in [-0.39, 0.29) is 36.3 Å². The van der Waals surface area contributed by atoms with Crippen LogP contribution >= 0.6 is 0 Å². The van der Waals surface area contributed by atoms with E-state index in [0.717, 1.165) is 40.8 Å². The van der Waals surface area contributed by atoms with Gasteiger partial charge in [0.25, 0.3) is 0 Å². The summed E-state index contributed by atoms with van der Waals surface area (Å²) in [5.41, 5.74) is 4.06. The standard InChI is InChI=1S/C30H38N6O3/c1-19-8-7-11-23-27(19)34-28(32-23)25-14-13-22-16-17-35(26(37)15-12-21-9-5-4-6-10-21)18-24(30(39)36(22)25)33-29(38)20(2)31-3/h4-11,20,22,24-25,31H,12-18H2,1-3H3,(H,32,34)(H,33,38)/t20-,22+,24-,25-/m0/s1. The monoisotopic (exact) mass is 530 g/mol. The summed E-state index contributed by atoms with van der Waals surface area (Å²) >= 11 is 0. The Hall–Kier alpha value is -3.72. The summed E-state index contributed by atoms with van der Waals surface area (Å²) in [5.74, 6) is 0.361. The molecule has 2 aliphatic heterocycles. The molecule has 2 aliphatic rings.